The lowest BCUT2D eigenvalue weighted by atomic mass is 9.85. The Morgan fingerprint density at radius 3 is 1.59 bits per heavy atom. The molecule has 4 atom stereocenters. The van der Waals surface area contributed by atoms with Crippen molar-refractivity contribution in [2.45, 2.75) is 86.5 Å². The smallest absolute Gasteiger partial charge is 0.0417 e. The van der Waals surface area contributed by atoms with Gasteiger partial charge >= 0.3 is 0 Å². The maximum atomic E-state index is 2.45. The van der Waals surface area contributed by atoms with Gasteiger partial charge in [-0.25, -0.2) is 0 Å². The lowest BCUT2D eigenvalue weighted by Crippen LogP contribution is -2.10. The van der Waals surface area contributed by atoms with E-state index in [1.807, 2.05) is 0 Å². The predicted octanol–water partition coefficient (Wildman–Crippen LogP) is 6.30. The molecule has 0 saturated carbocycles. The van der Waals surface area contributed by atoms with Crippen LogP contribution in [0, 0.1) is 23.7 Å². The summed E-state index contributed by atoms with van der Waals surface area (Å²) in [6, 6.07) is 0. The third kappa shape index (κ3) is 8.69. The molecule has 0 aliphatic carbocycles. The molecule has 4 unspecified atom stereocenters. The third-order valence-electron chi connectivity index (χ3n) is 4.68. The first-order valence-corrected chi connectivity index (χ1v) is 8.01. The molecular weight excluding hydrogens is 204 g/mol. The summed E-state index contributed by atoms with van der Waals surface area (Å²) < 4.78 is 0. The summed E-state index contributed by atoms with van der Waals surface area (Å²) in [5.41, 5.74) is 0. The van der Waals surface area contributed by atoms with Crippen molar-refractivity contribution in [1.82, 2.24) is 0 Å². The zero-order chi connectivity index (χ0) is 13.3. The van der Waals surface area contributed by atoms with Crippen LogP contribution in [0.15, 0.2) is 0 Å². The third-order valence-corrected chi connectivity index (χ3v) is 4.68. The van der Waals surface area contributed by atoms with E-state index >= 15 is 0 Å². The molecule has 17 heavy (non-hydrogen) atoms. The van der Waals surface area contributed by atoms with Gasteiger partial charge in [-0.2, -0.15) is 0 Å². The summed E-state index contributed by atoms with van der Waals surface area (Å²) in [7, 11) is 0. The van der Waals surface area contributed by atoms with Crippen molar-refractivity contribution in [2.24, 2.45) is 23.7 Å². The fourth-order valence-electron chi connectivity index (χ4n) is 2.49. The van der Waals surface area contributed by atoms with Crippen LogP contribution in [0.3, 0.4) is 0 Å². The molecule has 0 radical (unpaired) electrons. The molecule has 0 fully saturated rings. The van der Waals surface area contributed by atoms with Crippen molar-refractivity contribution in [1.29, 1.82) is 0 Å². The van der Waals surface area contributed by atoms with Crippen LogP contribution in [0.4, 0.5) is 0 Å². The highest BCUT2D eigenvalue weighted by atomic mass is 14.2. The average Bonchev–Trinajstić information content (AvgIpc) is 2.32. The second kappa shape index (κ2) is 9.97. The zero-order valence-corrected chi connectivity index (χ0v) is 13.3. The fraction of sp³-hybridized carbons (Fsp3) is 1.00. The highest BCUT2D eigenvalue weighted by Crippen LogP contribution is 2.25. The zero-order valence-electron chi connectivity index (χ0n) is 13.3. The second-order valence-corrected chi connectivity index (χ2v) is 6.52. The van der Waals surface area contributed by atoms with Gasteiger partial charge in [-0.05, 0) is 23.7 Å². The fourth-order valence-corrected chi connectivity index (χ4v) is 2.49. The molecular formula is C17H36. The molecule has 0 amide bonds. The van der Waals surface area contributed by atoms with Gasteiger partial charge < -0.3 is 0 Å². The summed E-state index contributed by atoms with van der Waals surface area (Å²) in [6.07, 6.45) is 9.82. The van der Waals surface area contributed by atoms with E-state index in [1.165, 1.54) is 44.9 Å². The highest BCUT2D eigenvalue weighted by Gasteiger charge is 2.13. The Kier molecular flexibility index (Phi) is 9.97. The Balaban J connectivity index is 3.64. The Bertz CT molecular complexity index is 161. The minimum atomic E-state index is 0.918. The van der Waals surface area contributed by atoms with Crippen molar-refractivity contribution in [2.75, 3.05) is 0 Å². The minimum Gasteiger partial charge on any atom is -0.0654 e. The molecule has 0 bridgehead atoms. The van der Waals surface area contributed by atoms with Crippen LogP contribution in [0.5, 0.6) is 0 Å². The number of hydrogen-bond donors (Lipinski definition) is 0. The van der Waals surface area contributed by atoms with Crippen molar-refractivity contribution >= 4 is 0 Å². The predicted molar refractivity (Wildman–Crippen MR) is 80.3 cm³/mol. The van der Waals surface area contributed by atoms with Gasteiger partial charge in [-0.15, -0.1) is 0 Å². The maximum Gasteiger partial charge on any atom is -0.0417 e. The largest absolute Gasteiger partial charge is 0.0654 e. The summed E-state index contributed by atoms with van der Waals surface area (Å²) in [5.74, 6) is 3.69. The normalized spacial score (nSPS) is 18.7. The molecule has 0 aromatic heterocycles. The van der Waals surface area contributed by atoms with E-state index in [4.69, 9.17) is 0 Å². The van der Waals surface area contributed by atoms with Crippen LogP contribution in [0.2, 0.25) is 0 Å². The lowest BCUT2D eigenvalue weighted by Gasteiger charge is -2.21. The summed E-state index contributed by atoms with van der Waals surface area (Å²) in [4.78, 5) is 0. The lowest BCUT2D eigenvalue weighted by molar-refractivity contribution is 0.302. The summed E-state index contributed by atoms with van der Waals surface area (Å²) in [5, 5.41) is 0. The molecule has 0 nitrogen and oxygen atoms in total. The van der Waals surface area contributed by atoms with E-state index in [1.54, 1.807) is 0 Å². The molecule has 0 aliphatic heterocycles. The van der Waals surface area contributed by atoms with Crippen LogP contribution in [-0.2, 0) is 0 Å². The van der Waals surface area contributed by atoms with Crippen LogP contribution in [0.25, 0.3) is 0 Å². The molecule has 0 N–H and O–H groups in total. The van der Waals surface area contributed by atoms with Gasteiger partial charge in [0.2, 0.25) is 0 Å². The Hall–Kier alpha value is 0. The van der Waals surface area contributed by atoms with Gasteiger partial charge in [0, 0.05) is 0 Å². The Labute approximate surface area is 111 Å². The van der Waals surface area contributed by atoms with Crippen molar-refractivity contribution in [3.8, 4) is 0 Å². The highest BCUT2D eigenvalue weighted by molar-refractivity contribution is 4.65. The van der Waals surface area contributed by atoms with Gasteiger partial charge in [-0.3, -0.25) is 0 Å². The van der Waals surface area contributed by atoms with Gasteiger partial charge in [0.25, 0.3) is 0 Å². The SMILES string of the molecule is CCCC(C)C(C)CCC(C)CCC(C)CC. The van der Waals surface area contributed by atoms with E-state index < -0.39 is 0 Å². The topological polar surface area (TPSA) is 0 Å². The summed E-state index contributed by atoms with van der Waals surface area (Å²) >= 11 is 0. The maximum absolute atomic E-state index is 2.45. The van der Waals surface area contributed by atoms with Crippen molar-refractivity contribution < 1.29 is 0 Å². The van der Waals surface area contributed by atoms with E-state index in [-0.39, 0.29) is 0 Å². The first kappa shape index (κ1) is 17.0. The van der Waals surface area contributed by atoms with Gasteiger partial charge in [-0.1, -0.05) is 86.5 Å². The van der Waals surface area contributed by atoms with Crippen LogP contribution in [0.1, 0.15) is 86.5 Å². The molecule has 104 valence electrons. The van der Waals surface area contributed by atoms with Crippen molar-refractivity contribution in [3.05, 3.63) is 0 Å². The molecule has 0 saturated heterocycles. The Morgan fingerprint density at radius 2 is 1.06 bits per heavy atom. The molecule has 0 heteroatoms. The monoisotopic (exact) mass is 240 g/mol. The summed E-state index contributed by atoms with van der Waals surface area (Å²) in [6.45, 7) is 14.3. The molecule has 0 aromatic carbocycles. The Morgan fingerprint density at radius 1 is 0.588 bits per heavy atom. The van der Waals surface area contributed by atoms with Gasteiger partial charge in [0.1, 0.15) is 0 Å². The minimum absolute atomic E-state index is 0.918. The van der Waals surface area contributed by atoms with Crippen molar-refractivity contribution in [3.63, 3.8) is 0 Å². The van der Waals surface area contributed by atoms with E-state index in [0.29, 0.717) is 0 Å². The standard InChI is InChI=1S/C17H36/c1-7-9-16(5)17(6)13-12-15(4)11-10-14(3)8-2/h14-17H,7-13H2,1-6H3. The molecule has 0 spiro atoms. The average molecular weight is 240 g/mol. The van der Waals surface area contributed by atoms with E-state index in [0.717, 1.165) is 23.7 Å². The van der Waals surface area contributed by atoms with Gasteiger partial charge in [0.05, 0.1) is 0 Å². The van der Waals surface area contributed by atoms with E-state index in [2.05, 4.69) is 41.5 Å². The molecule has 0 rings (SSSR count). The first-order chi connectivity index (χ1) is 8.01. The van der Waals surface area contributed by atoms with Crippen LogP contribution < -0.4 is 0 Å². The number of rotatable bonds is 10. The second-order valence-electron chi connectivity index (χ2n) is 6.52. The molecule has 0 aliphatic rings. The van der Waals surface area contributed by atoms with E-state index in [9.17, 15) is 0 Å². The van der Waals surface area contributed by atoms with Crippen LogP contribution >= 0.6 is 0 Å². The molecule has 0 heterocycles. The quantitative estimate of drug-likeness (QED) is 0.420. The van der Waals surface area contributed by atoms with Crippen LogP contribution in [-0.4, -0.2) is 0 Å². The molecule has 0 aromatic rings. The van der Waals surface area contributed by atoms with Gasteiger partial charge in [0.15, 0.2) is 0 Å². The number of hydrogen-bond acceptors (Lipinski definition) is 0. The first-order valence-electron chi connectivity index (χ1n) is 8.01.